The van der Waals surface area contributed by atoms with E-state index in [9.17, 15) is 17.6 Å². The molecule has 4 rings (SSSR count). The van der Waals surface area contributed by atoms with Gasteiger partial charge in [-0.1, -0.05) is 0 Å². The van der Waals surface area contributed by atoms with Gasteiger partial charge in [-0.05, 0) is 18.2 Å². The summed E-state index contributed by atoms with van der Waals surface area (Å²) in [5, 5.41) is 3.00. The molecule has 2 N–H and O–H groups in total. The van der Waals surface area contributed by atoms with E-state index in [0.29, 0.717) is 23.3 Å². The van der Waals surface area contributed by atoms with Crippen molar-refractivity contribution < 1.29 is 22.5 Å². The predicted molar refractivity (Wildman–Crippen MR) is 91.8 cm³/mol. The van der Waals surface area contributed by atoms with Crippen LogP contribution in [0.1, 0.15) is 5.56 Å². The molecule has 0 atom stereocenters. The molecule has 0 aliphatic carbocycles. The summed E-state index contributed by atoms with van der Waals surface area (Å²) in [4.78, 5) is 19.4. The second-order valence-electron chi connectivity index (χ2n) is 5.73. The minimum Gasteiger partial charge on any atom is -0.338 e. The lowest BCUT2D eigenvalue weighted by molar-refractivity contribution is -0.377. The maximum Gasteiger partial charge on any atom is 0.416 e. The maximum atomic E-state index is 14.3. The van der Waals surface area contributed by atoms with Crippen molar-refractivity contribution in [3.05, 3.63) is 66.5 Å². The first-order valence-corrected chi connectivity index (χ1v) is 8.01. The molecular formula is C18H11F4N6+. The van der Waals surface area contributed by atoms with Crippen LogP contribution in [0.15, 0.2) is 55.1 Å². The van der Waals surface area contributed by atoms with Crippen LogP contribution in [0.2, 0.25) is 0 Å². The van der Waals surface area contributed by atoms with Gasteiger partial charge in [-0.3, -0.25) is 0 Å². The zero-order valence-electron chi connectivity index (χ0n) is 14.0. The van der Waals surface area contributed by atoms with Crippen molar-refractivity contribution in [1.82, 2.24) is 19.9 Å². The fourth-order valence-corrected chi connectivity index (χ4v) is 2.55. The number of nitrogens with zero attached hydrogens (tertiary/aromatic N) is 4. The molecule has 3 aromatic heterocycles. The van der Waals surface area contributed by atoms with Crippen LogP contribution < -0.4 is 10.3 Å². The Morgan fingerprint density at radius 3 is 2.43 bits per heavy atom. The second kappa shape index (κ2) is 6.80. The molecule has 0 bridgehead atoms. The smallest absolute Gasteiger partial charge is 0.338 e. The van der Waals surface area contributed by atoms with Crippen LogP contribution in [0.3, 0.4) is 0 Å². The van der Waals surface area contributed by atoms with Gasteiger partial charge in [0, 0.05) is 24.5 Å². The monoisotopic (exact) mass is 387 g/mol. The Balaban J connectivity index is 1.89. The fraction of sp³-hybridized carbons (Fsp3) is 0.0556. The minimum absolute atomic E-state index is 0.120. The number of rotatable bonds is 3. The molecule has 0 fully saturated rings. The number of nitrogens with one attached hydrogen (secondary N) is 2. The molecule has 0 radical (unpaired) electrons. The Morgan fingerprint density at radius 2 is 1.68 bits per heavy atom. The van der Waals surface area contributed by atoms with Crippen molar-refractivity contribution in [3.8, 4) is 11.4 Å². The van der Waals surface area contributed by atoms with Gasteiger partial charge in [0.05, 0.1) is 16.8 Å². The number of aromatic nitrogens is 5. The molecule has 0 saturated heterocycles. The summed E-state index contributed by atoms with van der Waals surface area (Å²) in [5.74, 6) is -0.922. The molecule has 0 spiro atoms. The number of hydrogen-bond donors (Lipinski definition) is 1. The number of pyridine rings is 1. The SMILES string of the molecule is Fc1ccc(C(F)(F)F)cc1-c1nc(Nc2cc[nH+]cc2)c2nccnc2n1. The Hall–Kier alpha value is -3.69. The molecule has 6 nitrogen and oxygen atoms in total. The zero-order chi connectivity index (χ0) is 19.7. The molecule has 0 aliphatic heterocycles. The summed E-state index contributed by atoms with van der Waals surface area (Å²) >= 11 is 0. The number of hydrogen-bond acceptors (Lipinski definition) is 5. The van der Waals surface area contributed by atoms with Gasteiger partial charge in [0.1, 0.15) is 5.82 Å². The Morgan fingerprint density at radius 1 is 0.929 bits per heavy atom. The highest BCUT2D eigenvalue weighted by Crippen LogP contribution is 2.33. The predicted octanol–water partition coefficient (Wildman–Crippen LogP) is 3.80. The second-order valence-corrected chi connectivity index (χ2v) is 5.73. The van der Waals surface area contributed by atoms with Crippen LogP contribution in [0.4, 0.5) is 29.1 Å². The lowest BCUT2D eigenvalue weighted by atomic mass is 10.1. The van der Waals surface area contributed by atoms with Gasteiger partial charge in [-0.2, -0.15) is 13.2 Å². The summed E-state index contributed by atoms with van der Waals surface area (Å²) in [6, 6.07) is 5.51. The number of H-pyrrole nitrogens is 1. The molecule has 1 aromatic carbocycles. The van der Waals surface area contributed by atoms with Gasteiger partial charge in [0.15, 0.2) is 35.2 Å². The number of alkyl halides is 3. The summed E-state index contributed by atoms with van der Waals surface area (Å²) in [6.07, 6.45) is 1.53. The third-order valence-corrected chi connectivity index (χ3v) is 3.85. The zero-order valence-corrected chi connectivity index (χ0v) is 14.0. The van der Waals surface area contributed by atoms with E-state index in [1.54, 1.807) is 24.5 Å². The number of anilines is 2. The number of benzene rings is 1. The van der Waals surface area contributed by atoms with E-state index in [-0.39, 0.29) is 22.9 Å². The van der Waals surface area contributed by atoms with E-state index in [2.05, 4.69) is 30.2 Å². The largest absolute Gasteiger partial charge is 0.416 e. The highest BCUT2D eigenvalue weighted by Gasteiger charge is 2.31. The van der Waals surface area contributed by atoms with E-state index in [4.69, 9.17) is 0 Å². The standard InChI is InChI=1S/C18H10F4N6/c19-13-2-1-10(18(20,21)22)9-12(13)15-27-16-14(24-7-8-25-16)17(28-15)26-11-3-5-23-6-4-11/h1-9H,(H,23,25,26,27,28)/p+1. The van der Waals surface area contributed by atoms with Crippen molar-refractivity contribution in [2.24, 2.45) is 0 Å². The third kappa shape index (κ3) is 3.43. The lowest BCUT2D eigenvalue weighted by Crippen LogP contribution is -2.07. The van der Waals surface area contributed by atoms with Crippen molar-refractivity contribution in [2.45, 2.75) is 6.18 Å². The Bertz CT molecular complexity index is 1150. The number of halogens is 4. The molecule has 10 heteroatoms. The van der Waals surface area contributed by atoms with Crippen LogP contribution in [-0.2, 0) is 6.18 Å². The molecule has 4 aromatic rings. The van der Waals surface area contributed by atoms with Crippen LogP contribution in [0, 0.1) is 5.82 Å². The molecule has 3 heterocycles. The van der Waals surface area contributed by atoms with Gasteiger partial charge in [-0.25, -0.2) is 29.3 Å². The topological polar surface area (TPSA) is 77.7 Å². The lowest BCUT2D eigenvalue weighted by Gasteiger charge is -2.11. The van der Waals surface area contributed by atoms with Crippen LogP contribution in [0.25, 0.3) is 22.6 Å². The van der Waals surface area contributed by atoms with Crippen molar-refractivity contribution in [1.29, 1.82) is 0 Å². The minimum atomic E-state index is -4.62. The van der Waals surface area contributed by atoms with E-state index in [1.165, 1.54) is 12.4 Å². The molecule has 140 valence electrons. The van der Waals surface area contributed by atoms with Crippen molar-refractivity contribution in [2.75, 3.05) is 5.32 Å². The normalized spacial score (nSPS) is 11.6. The highest BCUT2D eigenvalue weighted by molar-refractivity contribution is 5.86. The first-order valence-electron chi connectivity index (χ1n) is 8.01. The van der Waals surface area contributed by atoms with Gasteiger partial charge >= 0.3 is 6.18 Å². The number of fused-ring (bicyclic) bond motifs is 1. The van der Waals surface area contributed by atoms with Crippen molar-refractivity contribution >= 4 is 22.7 Å². The molecule has 0 amide bonds. The quantitative estimate of drug-likeness (QED) is 0.541. The van der Waals surface area contributed by atoms with E-state index in [0.717, 1.165) is 6.07 Å². The average molecular weight is 387 g/mol. The highest BCUT2D eigenvalue weighted by atomic mass is 19.4. The molecule has 0 aliphatic rings. The van der Waals surface area contributed by atoms with Crippen LogP contribution >= 0.6 is 0 Å². The van der Waals surface area contributed by atoms with Gasteiger partial charge in [0.2, 0.25) is 0 Å². The van der Waals surface area contributed by atoms with Crippen molar-refractivity contribution in [3.63, 3.8) is 0 Å². The van der Waals surface area contributed by atoms with Gasteiger partial charge in [-0.15, -0.1) is 0 Å². The van der Waals surface area contributed by atoms with Crippen LogP contribution in [-0.4, -0.2) is 19.9 Å². The Labute approximate surface area is 155 Å². The summed E-state index contributed by atoms with van der Waals surface area (Å²) in [6.45, 7) is 0. The third-order valence-electron chi connectivity index (χ3n) is 3.85. The number of aromatic amines is 1. The first-order chi connectivity index (χ1) is 13.4. The van der Waals surface area contributed by atoms with Crippen LogP contribution in [0.5, 0.6) is 0 Å². The average Bonchev–Trinajstić information content (AvgIpc) is 2.68. The van der Waals surface area contributed by atoms with E-state index < -0.39 is 17.6 Å². The summed E-state index contributed by atoms with van der Waals surface area (Å²) < 4.78 is 53.4. The summed E-state index contributed by atoms with van der Waals surface area (Å²) in [7, 11) is 0. The van der Waals surface area contributed by atoms with E-state index in [1.807, 2.05) is 0 Å². The first kappa shape index (κ1) is 17.7. The molecule has 0 saturated carbocycles. The molecule has 28 heavy (non-hydrogen) atoms. The Kier molecular flexibility index (Phi) is 4.30. The molecule has 0 unspecified atom stereocenters. The van der Waals surface area contributed by atoms with E-state index >= 15 is 0 Å². The molecular weight excluding hydrogens is 376 g/mol. The van der Waals surface area contributed by atoms with Gasteiger partial charge in [0.25, 0.3) is 0 Å². The van der Waals surface area contributed by atoms with Gasteiger partial charge < -0.3 is 5.32 Å². The maximum absolute atomic E-state index is 14.3. The fourth-order valence-electron chi connectivity index (χ4n) is 2.55. The summed E-state index contributed by atoms with van der Waals surface area (Å²) in [5.41, 5.74) is -0.327.